The van der Waals surface area contributed by atoms with Gasteiger partial charge in [0, 0.05) is 24.6 Å². The van der Waals surface area contributed by atoms with E-state index in [0.29, 0.717) is 16.3 Å². The summed E-state index contributed by atoms with van der Waals surface area (Å²) in [6.45, 7) is 2.09. The highest BCUT2D eigenvalue weighted by Gasteiger charge is 2.14. The van der Waals surface area contributed by atoms with Gasteiger partial charge < -0.3 is 9.84 Å². The number of carbonyl (C=O) groups is 1. The zero-order chi connectivity index (χ0) is 20.9. The van der Waals surface area contributed by atoms with Crippen LogP contribution in [-0.4, -0.2) is 31.5 Å². The lowest BCUT2D eigenvalue weighted by Gasteiger charge is -2.09. The average Bonchev–Trinajstić information content (AvgIpc) is 3.16. The molecule has 0 spiro atoms. The molecule has 8 nitrogen and oxygen atoms in total. The number of hydrogen-bond donors (Lipinski definition) is 2. The number of hydrogen-bond acceptors (Lipinski definition) is 7. The van der Waals surface area contributed by atoms with Crippen molar-refractivity contribution in [1.82, 2.24) is 20.2 Å². The van der Waals surface area contributed by atoms with Crippen LogP contribution in [0.4, 0.5) is 0 Å². The summed E-state index contributed by atoms with van der Waals surface area (Å²) in [4.78, 5) is 17.1. The van der Waals surface area contributed by atoms with Crippen molar-refractivity contribution in [3.05, 3.63) is 71.2 Å². The van der Waals surface area contributed by atoms with E-state index >= 15 is 0 Å². The van der Waals surface area contributed by atoms with Gasteiger partial charge in [0.25, 0.3) is 5.91 Å². The van der Waals surface area contributed by atoms with Gasteiger partial charge in [0.1, 0.15) is 10.8 Å². The third-order valence-electron chi connectivity index (χ3n) is 4.00. The predicted octanol–water partition coefficient (Wildman–Crippen LogP) is 2.51. The second-order valence-corrected chi connectivity index (χ2v) is 8.96. The van der Waals surface area contributed by atoms with Crippen molar-refractivity contribution in [2.45, 2.75) is 29.1 Å². The highest BCUT2D eigenvalue weighted by Crippen LogP contribution is 2.24. The molecule has 1 aromatic carbocycles. The lowest BCUT2D eigenvalue weighted by Crippen LogP contribution is -2.24. The molecule has 2 heterocycles. The van der Waals surface area contributed by atoms with E-state index in [2.05, 4.69) is 20.2 Å². The van der Waals surface area contributed by atoms with Crippen LogP contribution in [0.3, 0.4) is 0 Å². The zero-order valence-corrected chi connectivity index (χ0v) is 17.5. The average molecular weight is 433 g/mol. The largest absolute Gasteiger partial charge is 0.361 e. The van der Waals surface area contributed by atoms with Crippen LogP contribution in [0.5, 0.6) is 0 Å². The number of nitrogens with zero attached hydrogens (tertiary/aromatic N) is 2. The van der Waals surface area contributed by atoms with Crippen molar-refractivity contribution in [2.75, 3.05) is 7.05 Å². The van der Waals surface area contributed by atoms with E-state index in [-0.39, 0.29) is 17.3 Å². The van der Waals surface area contributed by atoms with Crippen LogP contribution in [0.1, 0.15) is 27.4 Å². The summed E-state index contributed by atoms with van der Waals surface area (Å²) in [5, 5.41) is 7.38. The van der Waals surface area contributed by atoms with E-state index in [9.17, 15) is 13.2 Å². The molecule has 0 aliphatic rings. The second-order valence-electron chi connectivity index (χ2n) is 6.11. The van der Waals surface area contributed by atoms with Gasteiger partial charge in [0.15, 0.2) is 0 Å². The first-order chi connectivity index (χ1) is 13.9. The molecule has 2 aromatic heterocycles. The summed E-state index contributed by atoms with van der Waals surface area (Å²) in [5.41, 5.74) is 2.03. The number of nitrogens with one attached hydrogen (secondary N) is 2. The third kappa shape index (κ3) is 5.43. The van der Waals surface area contributed by atoms with Gasteiger partial charge in [-0.2, -0.15) is 0 Å². The van der Waals surface area contributed by atoms with Crippen LogP contribution in [0.2, 0.25) is 0 Å². The lowest BCUT2D eigenvalue weighted by atomic mass is 10.2. The van der Waals surface area contributed by atoms with Gasteiger partial charge >= 0.3 is 0 Å². The Morgan fingerprint density at radius 3 is 2.62 bits per heavy atom. The molecule has 10 heteroatoms. The van der Waals surface area contributed by atoms with Crippen LogP contribution < -0.4 is 10.0 Å². The second kappa shape index (κ2) is 9.21. The van der Waals surface area contributed by atoms with Gasteiger partial charge in [-0.15, -0.1) is 0 Å². The Morgan fingerprint density at radius 1 is 1.21 bits per heavy atom. The van der Waals surface area contributed by atoms with Crippen LogP contribution in [0, 0.1) is 6.92 Å². The minimum absolute atomic E-state index is 0.170. The number of aryl methyl sites for hydroxylation is 1. The minimum atomic E-state index is -3.48. The van der Waals surface area contributed by atoms with Gasteiger partial charge in [0.2, 0.25) is 10.0 Å². The molecule has 0 fully saturated rings. The van der Waals surface area contributed by atoms with Crippen molar-refractivity contribution in [2.24, 2.45) is 0 Å². The fourth-order valence-corrected chi connectivity index (χ4v) is 4.09. The number of aromatic nitrogens is 2. The Hall–Kier alpha value is -2.69. The minimum Gasteiger partial charge on any atom is -0.361 e. The topological polar surface area (TPSA) is 114 Å². The van der Waals surface area contributed by atoms with Gasteiger partial charge in [-0.25, -0.2) is 18.1 Å². The number of thioether (sulfide) groups is 1. The Morgan fingerprint density at radius 2 is 1.97 bits per heavy atom. The Balaban J connectivity index is 1.63. The molecular weight excluding hydrogens is 412 g/mol. The normalized spacial score (nSPS) is 11.4. The SMILES string of the molecule is CNS(=O)(=O)c1ccc(CNC(=O)c2cccnc2SCc2cc(C)on2)cc1. The van der Waals surface area contributed by atoms with Crippen LogP contribution in [0.15, 0.2) is 63.1 Å². The van der Waals surface area contributed by atoms with Crippen LogP contribution >= 0.6 is 11.8 Å². The fourth-order valence-electron chi connectivity index (χ4n) is 2.49. The summed E-state index contributed by atoms with van der Waals surface area (Å²) >= 11 is 1.40. The molecule has 0 aliphatic heterocycles. The Bertz CT molecular complexity index is 1100. The van der Waals surface area contributed by atoms with E-state index < -0.39 is 10.0 Å². The van der Waals surface area contributed by atoms with Crippen molar-refractivity contribution in [3.8, 4) is 0 Å². The quantitative estimate of drug-likeness (QED) is 0.526. The van der Waals surface area contributed by atoms with Crippen molar-refractivity contribution in [1.29, 1.82) is 0 Å². The van der Waals surface area contributed by atoms with Crippen LogP contribution in [-0.2, 0) is 22.3 Å². The van der Waals surface area contributed by atoms with Gasteiger partial charge in [-0.1, -0.05) is 29.1 Å². The first-order valence-electron chi connectivity index (χ1n) is 8.70. The fraction of sp³-hybridized carbons (Fsp3) is 0.211. The van der Waals surface area contributed by atoms with Crippen molar-refractivity contribution < 1.29 is 17.7 Å². The van der Waals surface area contributed by atoms with E-state index in [1.54, 1.807) is 30.5 Å². The summed E-state index contributed by atoms with van der Waals surface area (Å²) in [5.74, 6) is 1.01. The van der Waals surface area contributed by atoms with E-state index in [4.69, 9.17) is 4.52 Å². The molecule has 1 amide bonds. The molecule has 0 saturated carbocycles. The van der Waals surface area contributed by atoms with E-state index in [1.807, 2.05) is 13.0 Å². The molecule has 0 atom stereocenters. The third-order valence-corrected chi connectivity index (χ3v) is 6.47. The molecule has 152 valence electrons. The molecule has 2 N–H and O–H groups in total. The number of sulfonamides is 1. The molecule has 3 rings (SSSR count). The lowest BCUT2D eigenvalue weighted by molar-refractivity contribution is 0.0947. The first-order valence-corrected chi connectivity index (χ1v) is 11.2. The van der Waals surface area contributed by atoms with Crippen molar-refractivity contribution in [3.63, 3.8) is 0 Å². The molecule has 0 saturated heterocycles. The predicted molar refractivity (Wildman–Crippen MR) is 109 cm³/mol. The number of amides is 1. The zero-order valence-electron chi connectivity index (χ0n) is 15.9. The molecular formula is C19H20N4O4S2. The Labute approximate surface area is 173 Å². The summed E-state index contributed by atoms with van der Waals surface area (Å²) in [6, 6.07) is 11.6. The highest BCUT2D eigenvalue weighted by molar-refractivity contribution is 7.98. The monoisotopic (exact) mass is 432 g/mol. The Kier molecular flexibility index (Phi) is 6.68. The number of pyridine rings is 1. The first kappa shape index (κ1) is 21.0. The summed E-state index contributed by atoms with van der Waals surface area (Å²) < 4.78 is 30.8. The summed E-state index contributed by atoms with van der Waals surface area (Å²) in [6.07, 6.45) is 1.63. The maximum Gasteiger partial charge on any atom is 0.254 e. The van der Waals surface area contributed by atoms with Gasteiger partial charge in [0.05, 0.1) is 16.2 Å². The maximum absolute atomic E-state index is 12.6. The number of carbonyl (C=O) groups excluding carboxylic acids is 1. The van der Waals surface area contributed by atoms with Gasteiger partial charge in [-0.3, -0.25) is 4.79 Å². The number of rotatable bonds is 8. The molecule has 0 unspecified atom stereocenters. The summed E-state index contributed by atoms with van der Waals surface area (Å²) in [7, 11) is -2.12. The van der Waals surface area contributed by atoms with Crippen LogP contribution in [0.25, 0.3) is 0 Å². The molecule has 0 radical (unpaired) electrons. The van der Waals surface area contributed by atoms with E-state index in [1.165, 1.54) is 30.9 Å². The molecule has 3 aromatic rings. The van der Waals surface area contributed by atoms with E-state index in [0.717, 1.165) is 17.0 Å². The maximum atomic E-state index is 12.6. The molecule has 29 heavy (non-hydrogen) atoms. The van der Waals surface area contributed by atoms with Crippen molar-refractivity contribution >= 4 is 27.7 Å². The standard InChI is InChI=1S/C19H20N4O4S2/c1-13-10-15(23-27-13)12-28-19-17(4-3-9-21-19)18(24)22-11-14-5-7-16(8-6-14)29(25,26)20-2/h3-10,20H,11-12H2,1-2H3,(H,22,24). The smallest absolute Gasteiger partial charge is 0.254 e. The highest BCUT2D eigenvalue weighted by atomic mass is 32.2. The van der Waals surface area contributed by atoms with Gasteiger partial charge in [-0.05, 0) is 43.8 Å². The number of benzene rings is 1. The molecule has 0 bridgehead atoms. The molecule has 0 aliphatic carbocycles.